The van der Waals surface area contributed by atoms with Crippen LogP contribution in [-0.2, 0) is 6.42 Å². The van der Waals surface area contributed by atoms with E-state index in [-0.39, 0.29) is 18.4 Å². The monoisotopic (exact) mass is 277 g/mol. The molecule has 2 N–H and O–H groups in total. The predicted octanol–water partition coefficient (Wildman–Crippen LogP) is 3.67. The van der Waals surface area contributed by atoms with Gasteiger partial charge in [-0.25, -0.2) is 0 Å². The second-order valence-corrected chi connectivity index (χ2v) is 4.56. The standard InChI is InChI=1S/C13H20ClNO.ClH/c1-5-10(15)7-11-8(2)6-12(16-4)13(14)9(11)3;/h6,10H,5,7,15H2,1-4H3;1H. The number of hydrogen-bond acceptors (Lipinski definition) is 2. The molecule has 2 nitrogen and oxygen atoms in total. The lowest BCUT2D eigenvalue weighted by Crippen LogP contribution is -2.22. The van der Waals surface area contributed by atoms with Gasteiger partial charge in [-0.3, -0.25) is 0 Å². The van der Waals surface area contributed by atoms with Crippen LogP contribution in [0.2, 0.25) is 5.02 Å². The van der Waals surface area contributed by atoms with Crippen LogP contribution in [-0.4, -0.2) is 13.2 Å². The first kappa shape index (κ1) is 16.6. The zero-order chi connectivity index (χ0) is 12.3. The van der Waals surface area contributed by atoms with Gasteiger partial charge in [0.25, 0.3) is 0 Å². The maximum absolute atomic E-state index is 6.23. The first-order valence-electron chi connectivity index (χ1n) is 5.59. The average Bonchev–Trinajstić information content (AvgIpc) is 2.28. The zero-order valence-corrected chi connectivity index (χ0v) is 12.4. The Morgan fingerprint density at radius 1 is 1.41 bits per heavy atom. The maximum atomic E-state index is 6.23. The summed E-state index contributed by atoms with van der Waals surface area (Å²) in [7, 11) is 1.64. The maximum Gasteiger partial charge on any atom is 0.138 e. The van der Waals surface area contributed by atoms with Crippen molar-refractivity contribution in [3.05, 3.63) is 27.8 Å². The summed E-state index contributed by atoms with van der Waals surface area (Å²) in [5.74, 6) is 0.741. The van der Waals surface area contributed by atoms with Crippen LogP contribution in [0.1, 0.15) is 30.0 Å². The van der Waals surface area contributed by atoms with Crippen molar-refractivity contribution in [2.75, 3.05) is 7.11 Å². The number of halogens is 2. The molecule has 0 aliphatic heterocycles. The molecule has 0 aliphatic carbocycles. The van der Waals surface area contributed by atoms with Crippen molar-refractivity contribution in [3.63, 3.8) is 0 Å². The van der Waals surface area contributed by atoms with Crippen LogP contribution in [0.4, 0.5) is 0 Å². The summed E-state index contributed by atoms with van der Waals surface area (Å²) < 4.78 is 5.23. The molecule has 1 unspecified atom stereocenters. The second-order valence-electron chi connectivity index (χ2n) is 4.19. The fourth-order valence-electron chi connectivity index (χ4n) is 1.83. The number of nitrogens with two attached hydrogens (primary N) is 1. The Hall–Kier alpha value is -0.440. The molecule has 1 atom stereocenters. The molecule has 1 aromatic rings. The molecule has 0 fully saturated rings. The molecule has 0 aliphatic rings. The third-order valence-electron chi connectivity index (χ3n) is 3.03. The summed E-state index contributed by atoms with van der Waals surface area (Å²) in [6.45, 7) is 6.19. The van der Waals surface area contributed by atoms with Crippen LogP contribution in [0.5, 0.6) is 5.75 Å². The van der Waals surface area contributed by atoms with Gasteiger partial charge in [0.1, 0.15) is 5.75 Å². The molecule has 0 saturated heterocycles. The number of ether oxygens (including phenoxy) is 1. The Bertz CT molecular complexity index is 380. The van der Waals surface area contributed by atoms with Gasteiger partial charge >= 0.3 is 0 Å². The first-order chi connectivity index (χ1) is 7.51. The Kier molecular flexibility index (Phi) is 6.91. The van der Waals surface area contributed by atoms with E-state index in [1.807, 2.05) is 13.0 Å². The van der Waals surface area contributed by atoms with E-state index >= 15 is 0 Å². The summed E-state index contributed by atoms with van der Waals surface area (Å²) in [6.07, 6.45) is 1.85. The highest BCUT2D eigenvalue weighted by Gasteiger charge is 2.13. The predicted molar refractivity (Wildman–Crippen MR) is 76.7 cm³/mol. The molecule has 0 radical (unpaired) electrons. The fourth-order valence-corrected chi connectivity index (χ4v) is 2.08. The molecule has 1 rings (SSSR count). The number of aryl methyl sites for hydroxylation is 1. The lowest BCUT2D eigenvalue weighted by Gasteiger charge is -2.17. The molecule has 98 valence electrons. The van der Waals surface area contributed by atoms with Gasteiger partial charge in [0, 0.05) is 6.04 Å². The Balaban J connectivity index is 0.00000256. The highest BCUT2D eigenvalue weighted by molar-refractivity contribution is 6.33. The highest BCUT2D eigenvalue weighted by atomic mass is 35.5. The van der Waals surface area contributed by atoms with Crippen LogP contribution >= 0.6 is 24.0 Å². The van der Waals surface area contributed by atoms with E-state index < -0.39 is 0 Å². The summed E-state index contributed by atoms with van der Waals surface area (Å²) in [5, 5.41) is 0.700. The number of hydrogen-bond donors (Lipinski definition) is 1. The molecular weight excluding hydrogens is 257 g/mol. The number of benzene rings is 1. The Morgan fingerprint density at radius 3 is 2.47 bits per heavy atom. The Morgan fingerprint density at radius 2 is 2.00 bits per heavy atom. The van der Waals surface area contributed by atoms with Crippen molar-refractivity contribution in [2.24, 2.45) is 5.73 Å². The number of methoxy groups -OCH3 is 1. The third-order valence-corrected chi connectivity index (χ3v) is 3.50. The van der Waals surface area contributed by atoms with Crippen molar-refractivity contribution >= 4 is 24.0 Å². The normalized spacial score (nSPS) is 11.9. The van der Waals surface area contributed by atoms with Gasteiger partial charge in [-0.05, 0) is 49.4 Å². The molecule has 0 amide bonds. The van der Waals surface area contributed by atoms with Crippen molar-refractivity contribution in [2.45, 2.75) is 39.7 Å². The molecule has 0 heterocycles. The van der Waals surface area contributed by atoms with Crippen molar-refractivity contribution < 1.29 is 4.74 Å². The molecule has 0 spiro atoms. The molecular formula is C13H21Cl2NO. The van der Waals surface area contributed by atoms with E-state index in [0.717, 1.165) is 24.2 Å². The van der Waals surface area contributed by atoms with E-state index in [2.05, 4.69) is 13.8 Å². The van der Waals surface area contributed by atoms with Crippen LogP contribution in [0, 0.1) is 13.8 Å². The van der Waals surface area contributed by atoms with Crippen molar-refractivity contribution in [1.82, 2.24) is 0 Å². The van der Waals surface area contributed by atoms with Gasteiger partial charge in [-0.1, -0.05) is 18.5 Å². The molecule has 4 heteroatoms. The quantitative estimate of drug-likeness (QED) is 0.912. The molecule has 1 aromatic carbocycles. The molecule has 17 heavy (non-hydrogen) atoms. The van der Waals surface area contributed by atoms with E-state index in [9.17, 15) is 0 Å². The van der Waals surface area contributed by atoms with Crippen LogP contribution in [0.15, 0.2) is 6.07 Å². The van der Waals surface area contributed by atoms with Crippen LogP contribution in [0.25, 0.3) is 0 Å². The molecule has 0 aromatic heterocycles. The minimum absolute atomic E-state index is 0. The topological polar surface area (TPSA) is 35.2 Å². The number of rotatable bonds is 4. The van der Waals surface area contributed by atoms with E-state index in [4.69, 9.17) is 22.1 Å². The van der Waals surface area contributed by atoms with E-state index in [1.165, 1.54) is 11.1 Å². The highest BCUT2D eigenvalue weighted by Crippen LogP contribution is 2.33. The zero-order valence-electron chi connectivity index (χ0n) is 10.8. The van der Waals surface area contributed by atoms with Gasteiger partial charge < -0.3 is 10.5 Å². The van der Waals surface area contributed by atoms with Crippen molar-refractivity contribution in [3.8, 4) is 5.75 Å². The van der Waals surface area contributed by atoms with Crippen molar-refractivity contribution in [1.29, 1.82) is 0 Å². The van der Waals surface area contributed by atoms with Crippen LogP contribution < -0.4 is 10.5 Å². The molecule has 0 bridgehead atoms. The lowest BCUT2D eigenvalue weighted by molar-refractivity contribution is 0.414. The molecule has 0 saturated carbocycles. The minimum Gasteiger partial charge on any atom is -0.495 e. The summed E-state index contributed by atoms with van der Waals surface area (Å²) >= 11 is 6.23. The first-order valence-corrected chi connectivity index (χ1v) is 5.97. The van der Waals surface area contributed by atoms with Gasteiger partial charge in [-0.15, -0.1) is 12.4 Å². The van der Waals surface area contributed by atoms with Gasteiger partial charge in [0.2, 0.25) is 0 Å². The second kappa shape index (κ2) is 7.10. The third kappa shape index (κ3) is 3.77. The average molecular weight is 278 g/mol. The smallest absolute Gasteiger partial charge is 0.138 e. The summed E-state index contributed by atoms with van der Waals surface area (Å²) in [5.41, 5.74) is 9.52. The SMILES string of the molecule is CCC(N)Cc1c(C)cc(OC)c(Cl)c1C.Cl. The van der Waals surface area contributed by atoms with E-state index in [1.54, 1.807) is 7.11 Å². The van der Waals surface area contributed by atoms with Gasteiger partial charge in [-0.2, -0.15) is 0 Å². The van der Waals surface area contributed by atoms with Crippen LogP contribution in [0.3, 0.4) is 0 Å². The summed E-state index contributed by atoms with van der Waals surface area (Å²) in [4.78, 5) is 0. The summed E-state index contributed by atoms with van der Waals surface area (Å²) in [6, 6.07) is 2.18. The lowest BCUT2D eigenvalue weighted by atomic mass is 9.95. The van der Waals surface area contributed by atoms with Gasteiger partial charge in [0.15, 0.2) is 0 Å². The van der Waals surface area contributed by atoms with E-state index in [0.29, 0.717) is 5.02 Å². The van der Waals surface area contributed by atoms with Gasteiger partial charge in [0.05, 0.1) is 12.1 Å². The fraction of sp³-hybridized carbons (Fsp3) is 0.538. The largest absolute Gasteiger partial charge is 0.495 e. The minimum atomic E-state index is 0. The Labute approximate surface area is 115 Å².